The van der Waals surface area contributed by atoms with Crippen LogP contribution in [0.4, 0.5) is 0 Å². The van der Waals surface area contributed by atoms with Crippen molar-refractivity contribution in [3.05, 3.63) is 29.7 Å². The van der Waals surface area contributed by atoms with Crippen LogP contribution in [0, 0.1) is 6.92 Å². The van der Waals surface area contributed by atoms with Gasteiger partial charge in [0, 0.05) is 6.61 Å². The predicted molar refractivity (Wildman–Crippen MR) is 78.8 cm³/mol. The maximum atomic E-state index is 12.3. The Kier molecular flexibility index (Phi) is 3.68. The van der Waals surface area contributed by atoms with Crippen molar-refractivity contribution in [1.29, 1.82) is 0 Å². The molecule has 0 spiro atoms. The Morgan fingerprint density at radius 1 is 1.43 bits per heavy atom. The minimum Gasteiger partial charge on any atom is -0.439 e. The standard InChI is InChI=1S/C16H20N2O3/c1-11-6-5-7-12-14(11)18-13(21-12)10-17-15(19)16(2)8-3-4-9-20-16/h5-7H,3-4,8-10H2,1-2H3,(H,17,19)/t16-/m0/s1. The largest absolute Gasteiger partial charge is 0.439 e. The van der Waals surface area contributed by atoms with E-state index in [2.05, 4.69) is 10.3 Å². The number of fused-ring (bicyclic) bond motifs is 1. The Morgan fingerprint density at radius 3 is 3.00 bits per heavy atom. The first-order valence-corrected chi connectivity index (χ1v) is 7.36. The summed E-state index contributed by atoms with van der Waals surface area (Å²) >= 11 is 0. The number of aromatic nitrogens is 1. The predicted octanol–water partition coefficient (Wildman–Crippen LogP) is 2.71. The van der Waals surface area contributed by atoms with E-state index < -0.39 is 5.60 Å². The lowest BCUT2D eigenvalue weighted by Gasteiger charge is -2.32. The van der Waals surface area contributed by atoms with Crippen LogP contribution < -0.4 is 5.32 Å². The molecular formula is C16H20N2O3. The molecule has 2 heterocycles. The fourth-order valence-corrected chi connectivity index (χ4v) is 2.66. The molecule has 1 N–H and O–H groups in total. The monoisotopic (exact) mass is 288 g/mol. The summed E-state index contributed by atoms with van der Waals surface area (Å²) in [4.78, 5) is 16.7. The van der Waals surface area contributed by atoms with Gasteiger partial charge < -0.3 is 14.5 Å². The summed E-state index contributed by atoms with van der Waals surface area (Å²) in [5, 5.41) is 2.87. The maximum Gasteiger partial charge on any atom is 0.252 e. The maximum absolute atomic E-state index is 12.3. The van der Waals surface area contributed by atoms with Crippen LogP contribution in [0.15, 0.2) is 22.6 Å². The Morgan fingerprint density at radius 2 is 2.29 bits per heavy atom. The molecule has 2 aromatic rings. The van der Waals surface area contributed by atoms with E-state index in [1.165, 1.54) is 0 Å². The van der Waals surface area contributed by atoms with Gasteiger partial charge in [0.05, 0.1) is 6.54 Å². The number of benzene rings is 1. The number of oxazole rings is 1. The van der Waals surface area contributed by atoms with Crippen molar-refractivity contribution >= 4 is 17.0 Å². The zero-order valence-electron chi connectivity index (χ0n) is 12.4. The minimum absolute atomic E-state index is 0.0961. The van der Waals surface area contributed by atoms with Crippen LogP contribution in [-0.2, 0) is 16.1 Å². The first-order chi connectivity index (χ1) is 10.1. The van der Waals surface area contributed by atoms with Crippen LogP contribution in [0.5, 0.6) is 0 Å². The molecule has 112 valence electrons. The van der Waals surface area contributed by atoms with Gasteiger partial charge in [-0.3, -0.25) is 4.79 Å². The lowest BCUT2D eigenvalue weighted by Crippen LogP contribution is -2.48. The van der Waals surface area contributed by atoms with Gasteiger partial charge in [0.1, 0.15) is 11.1 Å². The molecule has 1 aliphatic heterocycles. The van der Waals surface area contributed by atoms with Gasteiger partial charge in [0.15, 0.2) is 5.58 Å². The Hall–Kier alpha value is -1.88. The average molecular weight is 288 g/mol. The number of rotatable bonds is 3. The van der Waals surface area contributed by atoms with E-state index >= 15 is 0 Å². The highest BCUT2D eigenvalue weighted by Gasteiger charge is 2.35. The van der Waals surface area contributed by atoms with Crippen LogP contribution in [0.1, 0.15) is 37.6 Å². The number of carbonyl (C=O) groups is 1. The number of amides is 1. The second kappa shape index (κ2) is 5.48. The highest BCUT2D eigenvalue weighted by Crippen LogP contribution is 2.25. The number of nitrogens with zero attached hydrogens (tertiary/aromatic N) is 1. The van der Waals surface area contributed by atoms with Gasteiger partial charge in [-0.05, 0) is 44.7 Å². The van der Waals surface area contributed by atoms with Gasteiger partial charge >= 0.3 is 0 Å². The fraction of sp³-hybridized carbons (Fsp3) is 0.500. The Labute approximate surface area is 123 Å². The molecule has 1 aliphatic rings. The first-order valence-electron chi connectivity index (χ1n) is 7.36. The smallest absolute Gasteiger partial charge is 0.252 e. The van der Waals surface area contributed by atoms with Gasteiger partial charge in [-0.2, -0.15) is 0 Å². The van der Waals surface area contributed by atoms with Gasteiger partial charge in [-0.15, -0.1) is 0 Å². The summed E-state index contributed by atoms with van der Waals surface area (Å²) in [5.41, 5.74) is 1.94. The zero-order valence-corrected chi connectivity index (χ0v) is 12.4. The van der Waals surface area contributed by atoms with E-state index in [0.29, 0.717) is 12.5 Å². The van der Waals surface area contributed by atoms with Crippen molar-refractivity contribution in [1.82, 2.24) is 10.3 Å². The molecule has 0 radical (unpaired) electrons. The average Bonchev–Trinajstić information content (AvgIpc) is 2.90. The summed E-state index contributed by atoms with van der Waals surface area (Å²) in [5.74, 6) is 0.424. The van der Waals surface area contributed by atoms with E-state index in [1.54, 1.807) is 0 Å². The molecule has 0 aliphatic carbocycles. The molecule has 21 heavy (non-hydrogen) atoms. The quantitative estimate of drug-likeness (QED) is 0.943. The summed E-state index contributed by atoms with van der Waals surface area (Å²) in [6, 6.07) is 5.80. The molecule has 0 saturated carbocycles. The van der Waals surface area contributed by atoms with E-state index in [4.69, 9.17) is 9.15 Å². The topological polar surface area (TPSA) is 64.4 Å². The number of nitrogens with one attached hydrogen (secondary N) is 1. The number of hydrogen-bond donors (Lipinski definition) is 1. The molecule has 5 heteroatoms. The first kappa shape index (κ1) is 14.1. The van der Waals surface area contributed by atoms with Crippen molar-refractivity contribution < 1.29 is 13.9 Å². The number of ether oxygens (including phenoxy) is 1. The molecule has 1 amide bonds. The summed E-state index contributed by atoms with van der Waals surface area (Å²) in [6.45, 7) is 4.76. The third-order valence-electron chi connectivity index (χ3n) is 4.01. The van der Waals surface area contributed by atoms with Crippen molar-refractivity contribution in [2.24, 2.45) is 0 Å². The van der Waals surface area contributed by atoms with Crippen LogP contribution in [-0.4, -0.2) is 23.1 Å². The number of hydrogen-bond acceptors (Lipinski definition) is 4. The molecule has 1 atom stereocenters. The summed E-state index contributed by atoms with van der Waals surface area (Å²) in [7, 11) is 0. The van der Waals surface area contributed by atoms with E-state index in [-0.39, 0.29) is 12.5 Å². The Bertz CT molecular complexity index is 657. The molecule has 5 nitrogen and oxygen atoms in total. The van der Waals surface area contributed by atoms with Gasteiger partial charge in [-0.25, -0.2) is 4.98 Å². The van der Waals surface area contributed by atoms with Gasteiger partial charge in [0.25, 0.3) is 5.91 Å². The van der Waals surface area contributed by atoms with Crippen LogP contribution >= 0.6 is 0 Å². The van der Waals surface area contributed by atoms with Crippen molar-refractivity contribution in [3.8, 4) is 0 Å². The second-order valence-electron chi connectivity index (χ2n) is 5.75. The third kappa shape index (κ3) is 2.78. The van der Waals surface area contributed by atoms with Crippen molar-refractivity contribution in [2.45, 2.75) is 45.3 Å². The van der Waals surface area contributed by atoms with Crippen LogP contribution in [0.2, 0.25) is 0 Å². The van der Waals surface area contributed by atoms with Crippen LogP contribution in [0.3, 0.4) is 0 Å². The van der Waals surface area contributed by atoms with Gasteiger partial charge in [0.2, 0.25) is 5.89 Å². The minimum atomic E-state index is -0.722. The lowest BCUT2D eigenvalue weighted by atomic mass is 9.95. The SMILES string of the molecule is Cc1cccc2oc(CNC(=O)[C@]3(C)CCCCO3)nc12. The highest BCUT2D eigenvalue weighted by atomic mass is 16.5. The number of para-hydroxylation sites is 1. The normalized spacial score (nSPS) is 22.4. The van der Waals surface area contributed by atoms with E-state index in [1.807, 2.05) is 32.0 Å². The summed E-state index contributed by atoms with van der Waals surface area (Å²) < 4.78 is 11.3. The second-order valence-corrected chi connectivity index (χ2v) is 5.75. The zero-order chi connectivity index (χ0) is 14.9. The molecule has 0 unspecified atom stereocenters. The molecule has 0 bridgehead atoms. The molecule has 1 fully saturated rings. The summed E-state index contributed by atoms with van der Waals surface area (Å²) in [6.07, 6.45) is 2.80. The van der Waals surface area contributed by atoms with E-state index in [0.717, 1.165) is 35.9 Å². The van der Waals surface area contributed by atoms with E-state index in [9.17, 15) is 4.79 Å². The van der Waals surface area contributed by atoms with Gasteiger partial charge in [-0.1, -0.05) is 12.1 Å². The third-order valence-corrected chi connectivity index (χ3v) is 4.01. The fourth-order valence-electron chi connectivity index (χ4n) is 2.66. The molecular weight excluding hydrogens is 268 g/mol. The highest BCUT2D eigenvalue weighted by molar-refractivity contribution is 5.84. The van der Waals surface area contributed by atoms with Crippen molar-refractivity contribution in [2.75, 3.05) is 6.61 Å². The Balaban J connectivity index is 1.68. The molecule has 3 rings (SSSR count). The molecule has 1 saturated heterocycles. The lowest BCUT2D eigenvalue weighted by molar-refractivity contribution is -0.150. The molecule has 1 aromatic heterocycles. The van der Waals surface area contributed by atoms with Crippen LogP contribution in [0.25, 0.3) is 11.1 Å². The number of carbonyl (C=O) groups excluding carboxylic acids is 1. The van der Waals surface area contributed by atoms with Crippen molar-refractivity contribution in [3.63, 3.8) is 0 Å². The molecule has 1 aromatic carbocycles. The number of aryl methyl sites for hydroxylation is 1.